The van der Waals surface area contributed by atoms with Gasteiger partial charge in [-0.1, -0.05) is 105 Å². The van der Waals surface area contributed by atoms with Gasteiger partial charge in [0.25, 0.3) is 0 Å². The monoisotopic (exact) mass is 591 g/mol. The van der Waals surface area contributed by atoms with Crippen LogP contribution in [0.25, 0.3) is 80.7 Å². The number of para-hydroxylation sites is 1. The Morgan fingerprint density at radius 2 is 1.22 bits per heavy atom. The summed E-state index contributed by atoms with van der Waals surface area (Å²) in [6, 6.07) is 51.9. The number of aromatic nitrogens is 1. The van der Waals surface area contributed by atoms with Crippen molar-refractivity contribution in [3.8, 4) is 27.9 Å². The van der Waals surface area contributed by atoms with Crippen molar-refractivity contribution in [3.63, 3.8) is 0 Å². The minimum Gasteiger partial charge on any atom is -0.309 e. The van der Waals surface area contributed by atoms with Crippen molar-refractivity contribution in [3.05, 3.63) is 151 Å². The largest absolute Gasteiger partial charge is 0.309 e. The third-order valence-corrected chi connectivity index (χ3v) is 11.3. The van der Waals surface area contributed by atoms with Gasteiger partial charge in [0.15, 0.2) is 0 Å². The van der Waals surface area contributed by atoms with Gasteiger partial charge in [-0.15, -0.1) is 11.3 Å². The van der Waals surface area contributed by atoms with Crippen LogP contribution in [0.15, 0.2) is 140 Å². The maximum atomic E-state index is 2.46. The summed E-state index contributed by atoms with van der Waals surface area (Å²) in [7, 11) is 0. The van der Waals surface area contributed by atoms with E-state index in [-0.39, 0.29) is 5.41 Å². The summed E-state index contributed by atoms with van der Waals surface area (Å²) < 4.78 is 5.20. The van der Waals surface area contributed by atoms with E-state index in [1.165, 1.54) is 91.8 Å². The molecule has 0 spiro atoms. The van der Waals surface area contributed by atoms with Crippen molar-refractivity contribution in [1.29, 1.82) is 0 Å². The first-order valence-electron chi connectivity index (χ1n) is 15.7. The number of hydrogen-bond donors (Lipinski definition) is 0. The lowest BCUT2D eigenvalue weighted by molar-refractivity contribution is 0.666. The second-order valence-corrected chi connectivity index (χ2v) is 14.0. The van der Waals surface area contributed by atoms with Gasteiger partial charge in [-0.25, -0.2) is 0 Å². The second kappa shape index (κ2) is 8.94. The van der Waals surface area contributed by atoms with E-state index in [1.807, 2.05) is 11.3 Å². The average molecular weight is 592 g/mol. The number of benzene rings is 7. The molecule has 0 saturated heterocycles. The van der Waals surface area contributed by atoms with Crippen molar-refractivity contribution in [2.45, 2.75) is 19.3 Å². The third kappa shape index (κ3) is 3.43. The molecule has 0 atom stereocenters. The van der Waals surface area contributed by atoms with Crippen LogP contribution in [-0.4, -0.2) is 4.57 Å². The van der Waals surface area contributed by atoms with E-state index in [2.05, 4.69) is 158 Å². The molecular weight excluding hydrogens is 563 g/mol. The first-order valence-corrected chi connectivity index (χ1v) is 16.5. The molecule has 0 radical (unpaired) electrons. The fraction of sp³-hybridized carbons (Fsp3) is 0.0698. The Balaban J connectivity index is 1.17. The van der Waals surface area contributed by atoms with Crippen LogP contribution in [-0.2, 0) is 5.41 Å². The lowest BCUT2D eigenvalue weighted by atomic mass is 9.80. The van der Waals surface area contributed by atoms with Gasteiger partial charge in [-0.05, 0) is 92.7 Å². The molecule has 0 bridgehead atoms. The van der Waals surface area contributed by atoms with Crippen LogP contribution in [0, 0.1) is 0 Å². The molecule has 1 nitrogen and oxygen atoms in total. The van der Waals surface area contributed by atoms with Crippen molar-refractivity contribution >= 4 is 64.1 Å². The molecule has 1 aliphatic carbocycles. The molecule has 10 rings (SSSR count). The molecule has 0 fully saturated rings. The Morgan fingerprint density at radius 3 is 2.13 bits per heavy atom. The Hall–Kier alpha value is -5.18. The van der Waals surface area contributed by atoms with Crippen LogP contribution in [0.4, 0.5) is 0 Å². The summed E-state index contributed by atoms with van der Waals surface area (Å²) in [5.41, 5.74) is 11.7. The Labute approximate surface area is 265 Å². The zero-order chi connectivity index (χ0) is 29.9. The number of fused-ring (bicyclic) bond motifs is 11. The molecule has 212 valence electrons. The Morgan fingerprint density at radius 1 is 0.511 bits per heavy atom. The van der Waals surface area contributed by atoms with E-state index in [9.17, 15) is 0 Å². The third-order valence-electron chi connectivity index (χ3n) is 10.1. The fourth-order valence-electron chi connectivity index (χ4n) is 8.05. The fourth-order valence-corrected chi connectivity index (χ4v) is 9.16. The summed E-state index contributed by atoms with van der Waals surface area (Å²) in [6.07, 6.45) is 0. The highest BCUT2D eigenvalue weighted by molar-refractivity contribution is 7.25. The van der Waals surface area contributed by atoms with Gasteiger partial charge in [0.1, 0.15) is 0 Å². The van der Waals surface area contributed by atoms with Gasteiger partial charge in [-0.2, -0.15) is 0 Å². The van der Waals surface area contributed by atoms with Crippen molar-refractivity contribution in [2.75, 3.05) is 0 Å². The predicted molar refractivity (Wildman–Crippen MR) is 194 cm³/mol. The van der Waals surface area contributed by atoms with Crippen LogP contribution in [0.2, 0.25) is 0 Å². The van der Waals surface area contributed by atoms with Crippen LogP contribution in [0.3, 0.4) is 0 Å². The van der Waals surface area contributed by atoms with Crippen LogP contribution in [0.5, 0.6) is 0 Å². The first kappa shape index (κ1) is 25.2. The standard InChI is InChI=1S/C43H29NS/c1-43(2)36-25-30(18-19-31(36)33-20-22-40-41(42(33)43)34-12-6-8-14-39(34)45-40)44-37-13-7-5-11-32(37)35-24-29(17-21-38(35)44)28-16-15-26-9-3-4-10-27(26)23-28/h3-25H,1-2H3. The molecular formula is C43H29NS. The molecule has 9 aromatic rings. The molecule has 0 N–H and O–H groups in total. The summed E-state index contributed by atoms with van der Waals surface area (Å²) >= 11 is 1.91. The number of rotatable bonds is 2. The maximum Gasteiger partial charge on any atom is 0.0541 e. The molecule has 0 saturated carbocycles. The summed E-state index contributed by atoms with van der Waals surface area (Å²) in [5.74, 6) is 0. The SMILES string of the molecule is CC1(C)c2cc(-n3c4ccccc4c4cc(-c5ccc6ccccc6c5)ccc43)ccc2-c2ccc3sc4ccccc4c3c21. The van der Waals surface area contributed by atoms with Gasteiger partial charge >= 0.3 is 0 Å². The molecule has 1 aliphatic rings. The summed E-state index contributed by atoms with van der Waals surface area (Å²) in [5, 5.41) is 7.91. The first-order chi connectivity index (χ1) is 22.1. The quantitative estimate of drug-likeness (QED) is 0.188. The highest BCUT2D eigenvalue weighted by Gasteiger charge is 2.38. The van der Waals surface area contributed by atoms with Crippen molar-refractivity contribution < 1.29 is 0 Å². The minimum absolute atomic E-state index is 0.119. The predicted octanol–water partition coefficient (Wildman–Crippen LogP) is 12.3. The van der Waals surface area contributed by atoms with Crippen LogP contribution in [0.1, 0.15) is 25.0 Å². The Kier molecular flexibility index (Phi) is 5.00. The van der Waals surface area contributed by atoms with Crippen molar-refractivity contribution in [1.82, 2.24) is 4.57 Å². The van der Waals surface area contributed by atoms with Gasteiger partial charge < -0.3 is 4.57 Å². The molecule has 2 aromatic heterocycles. The molecule has 0 amide bonds. The molecule has 45 heavy (non-hydrogen) atoms. The molecule has 2 heteroatoms. The molecule has 7 aromatic carbocycles. The van der Waals surface area contributed by atoms with Crippen LogP contribution < -0.4 is 0 Å². The Bertz CT molecular complexity index is 2680. The van der Waals surface area contributed by atoms with E-state index < -0.39 is 0 Å². The maximum absolute atomic E-state index is 2.46. The average Bonchev–Trinajstić information content (AvgIpc) is 3.69. The highest BCUT2D eigenvalue weighted by atomic mass is 32.1. The lowest BCUT2D eigenvalue weighted by Gasteiger charge is -2.23. The summed E-state index contributed by atoms with van der Waals surface area (Å²) in [4.78, 5) is 0. The lowest BCUT2D eigenvalue weighted by Crippen LogP contribution is -2.15. The molecule has 0 unspecified atom stereocenters. The van der Waals surface area contributed by atoms with E-state index in [4.69, 9.17) is 0 Å². The number of hydrogen-bond acceptors (Lipinski definition) is 1. The highest BCUT2D eigenvalue weighted by Crippen LogP contribution is 2.54. The van der Waals surface area contributed by atoms with E-state index >= 15 is 0 Å². The number of thiophene rings is 1. The van der Waals surface area contributed by atoms with Crippen molar-refractivity contribution in [2.24, 2.45) is 0 Å². The van der Waals surface area contributed by atoms with Gasteiger partial charge in [0.05, 0.1) is 11.0 Å². The van der Waals surface area contributed by atoms with E-state index in [0.29, 0.717) is 0 Å². The van der Waals surface area contributed by atoms with E-state index in [0.717, 1.165) is 0 Å². The molecule has 2 heterocycles. The molecule has 0 aliphatic heterocycles. The second-order valence-electron chi connectivity index (χ2n) is 13.0. The van der Waals surface area contributed by atoms with Gasteiger partial charge in [0, 0.05) is 42.0 Å². The van der Waals surface area contributed by atoms with E-state index in [1.54, 1.807) is 0 Å². The topological polar surface area (TPSA) is 4.93 Å². The zero-order valence-corrected chi connectivity index (χ0v) is 26.0. The van der Waals surface area contributed by atoms with Crippen LogP contribution >= 0.6 is 11.3 Å². The van der Waals surface area contributed by atoms with Gasteiger partial charge in [0.2, 0.25) is 0 Å². The minimum atomic E-state index is -0.119. The van der Waals surface area contributed by atoms with Gasteiger partial charge in [-0.3, -0.25) is 0 Å². The normalized spacial score (nSPS) is 13.7. The summed E-state index contributed by atoms with van der Waals surface area (Å²) in [6.45, 7) is 4.82. The number of nitrogens with zero attached hydrogens (tertiary/aromatic N) is 1. The zero-order valence-electron chi connectivity index (χ0n) is 25.1. The smallest absolute Gasteiger partial charge is 0.0541 e.